The van der Waals surface area contributed by atoms with Crippen molar-refractivity contribution in [3.63, 3.8) is 0 Å². The van der Waals surface area contributed by atoms with Gasteiger partial charge in [-0.05, 0) is 13.8 Å². The summed E-state index contributed by atoms with van der Waals surface area (Å²) in [6, 6.07) is 0. The molecule has 0 aromatic rings. The smallest absolute Gasteiger partial charge is 0.315 e. The number of hydrogen-bond acceptors (Lipinski definition) is 3. The minimum absolute atomic E-state index is 0.455. The molecule has 1 aliphatic rings. The molecular weight excluding hydrogens is 180 g/mol. The number of alkyl halides is 1. The maximum Gasteiger partial charge on any atom is 0.315 e. The van der Waals surface area contributed by atoms with Crippen molar-refractivity contribution in [3.8, 4) is 0 Å². The van der Waals surface area contributed by atoms with Crippen LogP contribution in [0, 0.1) is 5.92 Å². The second-order valence-corrected chi connectivity index (χ2v) is 3.71. The molecule has 3 nitrogen and oxygen atoms in total. The molecular formula is C8H9ClO3. The zero-order valence-electron chi connectivity index (χ0n) is 6.83. The SMILES string of the molecule is CC1(C)OC(=O)C(C=C=O)C1Cl. The molecule has 2 atom stereocenters. The number of ether oxygens (including phenoxy) is 1. The Balaban J connectivity index is 2.92. The van der Waals surface area contributed by atoms with E-state index in [1.807, 2.05) is 0 Å². The van der Waals surface area contributed by atoms with Crippen LogP contribution in [0.2, 0.25) is 0 Å². The van der Waals surface area contributed by atoms with E-state index in [1.54, 1.807) is 19.8 Å². The molecule has 0 aromatic heterocycles. The van der Waals surface area contributed by atoms with E-state index in [-0.39, 0.29) is 0 Å². The van der Waals surface area contributed by atoms with Crippen LogP contribution in [0.3, 0.4) is 0 Å². The van der Waals surface area contributed by atoms with Crippen molar-refractivity contribution in [2.24, 2.45) is 5.92 Å². The van der Waals surface area contributed by atoms with Gasteiger partial charge in [0.15, 0.2) is 0 Å². The predicted molar refractivity (Wildman–Crippen MR) is 43.6 cm³/mol. The van der Waals surface area contributed by atoms with Crippen LogP contribution in [0.25, 0.3) is 0 Å². The highest BCUT2D eigenvalue weighted by molar-refractivity contribution is 6.23. The average molecular weight is 189 g/mol. The van der Waals surface area contributed by atoms with Gasteiger partial charge in [0, 0.05) is 6.08 Å². The van der Waals surface area contributed by atoms with Crippen molar-refractivity contribution in [3.05, 3.63) is 6.08 Å². The summed E-state index contributed by atoms with van der Waals surface area (Å²) in [4.78, 5) is 21.1. The van der Waals surface area contributed by atoms with E-state index < -0.39 is 22.9 Å². The first-order valence-electron chi connectivity index (χ1n) is 3.57. The summed E-state index contributed by atoms with van der Waals surface area (Å²) < 4.78 is 4.95. The number of carbonyl (C=O) groups excluding carboxylic acids is 2. The average Bonchev–Trinajstić information content (AvgIpc) is 2.13. The number of cyclic esters (lactones) is 1. The predicted octanol–water partition coefficient (Wildman–Crippen LogP) is 0.933. The van der Waals surface area contributed by atoms with Crippen LogP contribution in [0.5, 0.6) is 0 Å². The molecule has 0 aliphatic carbocycles. The van der Waals surface area contributed by atoms with E-state index in [2.05, 4.69) is 0 Å². The van der Waals surface area contributed by atoms with Crippen molar-refractivity contribution in [2.45, 2.75) is 24.8 Å². The molecule has 0 N–H and O–H groups in total. The minimum atomic E-state index is -0.698. The minimum Gasteiger partial charge on any atom is -0.458 e. The molecule has 0 saturated carbocycles. The Kier molecular flexibility index (Phi) is 2.27. The summed E-state index contributed by atoms with van der Waals surface area (Å²) in [5.74, 6) is 0.439. The first-order chi connectivity index (χ1) is 5.49. The Morgan fingerprint density at radius 3 is 2.58 bits per heavy atom. The third kappa shape index (κ3) is 1.38. The monoisotopic (exact) mass is 188 g/mol. The fourth-order valence-corrected chi connectivity index (χ4v) is 1.38. The standard InChI is InChI=1S/C8H9ClO3/c1-8(2)6(9)5(3-4-10)7(11)12-8/h3,5-6H,1-2H3. The van der Waals surface area contributed by atoms with Gasteiger partial charge in [0.2, 0.25) is 0 Å². The van der Waals surface area contributed by atoms with Gasteiger partial charge in [0.1, 0.15) is 17.5 Å². The summed E-state index contributed by atoms with van der Waals surface area (Å²) in [5.41, 5.74) is -0.698. The van der Waals surface area contributed by atoms with Gasteiger partial charge in [-0.1, -0.05) is 0 Å². The van der Waals surface area contributed by atoms with Crippen molar-refractivity contribution in [1.29, 1.82) is 0 Å². The number of rotatable bonds is 1. The van der Waals surface area contributed by atoms with Gasteiger partial charge in [0.25, 0.3) is 0 Å². The van der Waals surface area contributed by atoms with E-state index in [1.165, 1.54) is 0 Å². The molecule has 0 aromatic carbocycles. The van der Waals surface area contributed by atoms with Gasteiger partial charge in [0.05, 0.1) is 5.38 Å². The fourth-order valence-electron chi connectivity index (χ4n) is 1.16. The van der Waals surface area contributed by atoms with Gasteiger partial charge in [-0.25, -0.2) is 4.79 Å². The fraction of sp³-hybridized carbons (Fsp3) is 0.625. The lowest BCUT2D eigenvalue weighted by Crippen LogP contribution is -2.30. The van der Waals surface area contributed by atoms with Crippen molar-refractivity contribution in [1.82, 2.24) is 0 Å². The van der Waals surface area contributed by atoms with Crippen molar-refractivity contribution >= 4 is 23.5 Å². The summed E-state index contributed by atoms with van der Waals surface area (Å²) >= 11 is 5.89. The molecule has 1 fully saturated rings. The molecule has 1 rings (SSSR count). The lowest BCUT2D eigenvalue weighted by molar-refractivity contribution is -0.147. The highest BCUT2D eigenvalue weighted by atomic mass is 35.5. The Morgan fingerprint density at radius 1 is 1.67 bits per heavy atom. The Bertz CT molecular complexity index is 253. The second kappa shape index (κ2) is 2.92. The molecule has 1 saturated heterocycles. The van der Waals surface area contributed by atoms with E-state index >= 15 is 0 Å². The van der Waals surface area contributed by atoms with Crippen LogP contribution < -0.4 is 0 Å². The van der Waals surface area contributed by atoms with Gasteiger partial charge < -0.3 is 4.74 Å². The maximum absolute atomic E-state index is 11.1. The number of hydrogen-bond donors (Lipinski definition) is 0. The van der Waals surface area contributed by atoms with Crippen molar-refractivity contribution in [2.75, 3.05) is 0 Å². The molecule has 1 aliphatic heterocycles. The zero-order valence-corrected chi connectivity index (χ0v) is 7.59. The van der Waals surface area contributed by atoms with Crippen molar-refractivity contribution < 1.29 is 14.3 Å². The molecule has 4 heteroatoms. The molecule has 0 radical (unpaired) electrons. The molecule has 0 spiro atoms. The molecule has 66 valence electrons. The summed E-state index contributed by atoms with van der Waals surface area (Å²) in [6.45, 7) is 3.42. The molecule has 2 unspecified atom stereocenters. The van der Waals surface area contributed by atoms with Gasteiger partial charge >= 0.3 is 5.97 Å². The first-order valence-corrected chi connectivity index (χ1v) is 4.00. The van der Waals surface area contributed by atoms with Gasteiger partial charge in [-0.3, -0.25) is 4.79 Å². The lowest BCUT2D eigenvalue weighted by Gasteiger charge is -2.19. The second-order valence-electron chi connectivity index (χ2n) is 3.24. The first kappa shape index (κ1) is 9.30. The summed E-state index contributed by atoms with van der Waals surface area (Å²) in [6.07, 6.45) is 1.11. The lowest BCUT2D eigenvalue weighted by atomic mass is 9.97. The maximum atomic E-state index is 11.1. The van der Waals surface area contributed by atoms with Gasteiger partial charge in [-0.15, -0.1) is 11.6 Å². The van der Waals surface area contributed by atoms with E-state index in [0.717, 1.165) is 6.08 Å². The molecule has 0 amide bonds. The van der Waals surface area contributed by atoms with Crippen LogP contribution in [0.1, 0.15) is 13.8 Å². The summed E-state index contributed by atoms with van der Waals surface area (Å²) in [7, 11) is 0. The normalized spacial score (nSPS) is 32.4. The quantitative estimate of drug-likeness (QED) is 0.349. The highest BCUT2D eigenvalue weighted by Crippen LogP contribution is 2.35. The van der Waals surface area contributed by atoms with Crippen LogP contribution in [0.4, 0.5) is 0 Å². The number of esters is 1. The Labute approximate surface area is 75.3 Å². The van der Waals surface area contributed by atoms with Crippen LogP contribution in [0.15, 0.2) is 6.08 Å². The van der Waals surface area contributed by atoms with E-state index in [4.69, 9.17) is 16.3 Å². The van der Waals surface area contributed by atoms with E-state index in [0.29, 0.717) is 0 Å². The van der Waals surface area contributed by atoms with Crippen LogP contribution in [-0.2, 0) is 14.3 Å². The van der Waals surface area contributed by atoms with Gasteiger partial charge in [-0.2, -0.15) is 0 Å². The number of halogens is 1. The zero-order chi connectivity index (χ0) is 9.35. The van der Waals surface area contributed by atoms with Crippen LogP contribution in [-0.4, -0.2) is 22.9 Å². The third-order valence-corrected chi connectivity index (χ3v) is 2.66. The molecule has 0 bridgehead atoms. The van der Waals surface area contributed by atoms with E-state index in [9.17, 15) is 9.59 Å². The highest BCUT2D eigenvalue weighted by Gasteiger charge is 2.48. The number of carbonyl (C=O) groups is 1. The Morgan fingerprint density at radius 2 is 2.25 bits per heavy atom. The summed E-state index contributed by atoms with van der Waals surface area (Å²) in [5, 5.41) is -0.494. The molecule has 1 heterocycles. The Hall–Kier alpha value is -0.790. The third-order valence-electron chi connectivity index (χ3n) is 1.86. The topological polar surface area (TPSA) is 43.4 Å². The largest absolute Gasteiger partial charge is 0.458 e. The van der Waals surface area contributed by atoms with Crippen LogP contribution >= 0.6 is 11.6 Å². The molecule has 12 heavy (non-hydrogen) atoms.